The van der Waals surface area contributed by atoms with Gasteiger partial charge in [0.25, 0.3) is 11.8 Å². The highest BCUT2D eigenvalue weighted by molar-refractivity contribution is 5.94. The van der Waals surface area contributed by atoms with Crippen molar-refractivity contribution >= 4 is 11.8 Å². The molecule has 0 radical (unpaired) electrons. The van der Waals surface area contributed by atoms with E-state index in [9.17, 15) is 14.0 Å². The Labute approximate surface area is 164 Å². The van der Waals surface area contributed by atoms with Gasteiger partial charge in [0, 0.05) is 31.7 Å². The third-order valence-electron chi connectivity index (χ3n) is 5.20. The van der Waals surface area contributed by atoms with Gasteiger partial charge in [-0.3, -0.25) is 9.59 Å². The molecule has 28 heavy (non-hydrogen) atoms. The fraction of sp³-hybridized carbons (Fsp3) is 0.364. The quantitative estimate of drug-likeness (QED) is 0.814. The van der Waals surface area contributed by atoms with E-state index in [1.165, 1.54) is 18.2 Å². The van der Waals surface area contributed by atoms with Gasteiger partial charge in [0.2, 0.25) is 0 Å². The van der Waals surface area contributed by atoms with E-state index < -0.39 is 5.82 Å². The van der Waals surface area contributed by atoms with Crippen LogP contribution in [0.15, 0.2) is 36.4 Å². The predicted octanol–water partition coefficient (Wildman–Crippen LogP) is 3.11. The fourth-order valence-corrected chi connectivity index (χ4v) is 3.34. The van der Waals surface area contributed by atoms with Crippen LogP contribution in [-0.2, 0) is 4.79 Å². The van der Waals surface area contributed by atoms with Crippen molar-refractivity contribution in [2.75, 3.05) is 32.8 Å². The molecule has 1 aliphatic rings. The first-order valence-electron chi connectivity index (χ1n) is 9.39. The third-order valence-corrected chi connectivity index (χ3v) is 5.20. The number of rotatable bonds is 4. The average molecular weight is 384 g/mol. The number of hydrogen-bond donors (Lipinski definition) is 0. The van der Waals surface area contributed by atoms with Gasteiger partial charge in [-0.2, -0.15) is 0 Å². The molecule has 0 bridgehead atoms. The summed E-state index contributed by atoms with van der Waals surface area (Å²) < 4.78 is 19.1. The van der Waals surface area contributed by atoms with Crippen molar-refractivity contribution in [1.82, 2.24) is 9.80 Å². The van der Waals surface area contributed by atoms with Crippen molar-refractivity contribution in [3.05, 3.63) is 64.5 Å². The standard InChI is InChI=1S/C22H25FN2O3/c1-15-7-8-16(2)21(17(15)3)28-14-20(26)24-9-11-25(12-10-24)22(27)18-5-4-6-19(23)13-18/h4-8,13H,9-12,14H2,1-3H3. The summed E-state index contributed by atoms with van der Waals surface area (Å²) >= 11 is 0. The Morgan fingerprint density at radius 2 is 1.61 bits per heavy atom. The van der Waals surface area contributed by atoms with Crippen LogP contribution < -0.4 is 4.74 Å². The van der Waals surface area contributed by atoms with E-state index in [1.807, 2.05) is 32.9 Å². The highest BCUT2D eigenvalue weighted by atomic mass is 19.1. The van der Waals surface area contributed by atoms with Crippen LogP contribution in [-0.4, -0.2) is 54.4 Å². The number of ether oxygens (including phenoxy) is 1. The van der Waals surface area contributed by atoms with E-state index in [-0.39, 0.29) is 18.4 Å². The van der Waals surface area contributed by atoms with E-state index in [0.29, 0.717) is 31.7 Å². The molecular formula is C22H25FN2O3. The van der Waals surface area contributed by atoms with Gasteiger partial charge in [-0.1, -0.05) is 18.2 Å². The molecular weight excluding hydrogens is 359 g/mol. The summed E-state index contributed by atoms with van der Waals surface area (Å²) in [6.45, 7) is 7.65. The molecule has 0 saturated carbocycles. The van der Waals surface area contributed by atoms with E-state index in [4.69, 9.17) is 4.74 Å². The summed E-state index contributed by atoms with van der Waals surface area (Å²) in [4.78, 5) is 28.3. The van der Waals surface area contributed by atoms with Gasteiger partial charge in [-0.15, -0.1) is 0 Å². The van der Waals surface area contributed by atoms with Crippen LogP contribution in [0.25, 0.3) is 0 Å². The maximum Gasteiger partial charge on any atom is 0.260 e. The maximum atomic E-state index is 13.3. The Morgan fingerprint density at radius 1 is 0.964 bits per heavy atom. The molecule has 0 N–H and O–H groups in total. The lowest BCUT2D eigenvalue weighted by Crippen LogP contribution is -2.51. The summed E-state index contributed by atoms with van der Waals surface area (Å²) in [5.41, 5.74) is 3.49. The molecule has 3 rings (SSSR count). The number of amides is 2. The molecule has 2 amide bonds. The minimum Gasteiger partial charge on any atom is -0.483 e. The number of piperazine rings is 1. The van der Waals surface area contributed by atoms with Crippen molar-refractivity contribution < 1.29 is 18.7 Å². The Kier molecular flexibility index (Phi) is 5.97. The molecule has 1 heterocycles. The normalized spacial score (nSPS) is 14.1. The maximum absolute atomic E-state index is 13.3. The Morgan fingerprint density at radius 3 is 2.29 bits per heavy atom. The van der Waals surface area contributed by atoms with Crippen molar-refractivity contribution in [3.63, 3.8) is 0 Å². The molecule has 148 valence electrons. The number of aryl methyl sites for hydroxylation is 2. The third kappa shape index (κ3) is 4.32. The number of carbonyl (C=O) groups is 2. The van der Waals surface area contributed by atoms with Crippen LogP contribution in [0.4, 0.5) is 4.39 Å². The largest absolute Gasteiger partial charge is 0.483 e. The highest BCUT2D eigenvalue weighted by Gasteiger charge is 2.25. The van der Waals surface area contributed by atoms with Gasteiger partial charge in [-0.05, 0) is 55.7 Å². The summed E-state index contributed by atoms with van der Waals surface area (Å²) in [6.07, 6.45) is 0. The number of benzene rings is 2. The summed E-state index contributed by atoms with van der Waals surface area (Å²) in [5, 5.41) is 0. The van der Waals surface area contributed by atoms with E-state index in [0.717, 1.165) is 22.4 Å². The number of carbonyl (C=O) groups excluding carboxylic acids is 2. The summed E-state index contributed by atoms with van der Waals surface area (Å²) in [5.74, 6) is 0.0128. The topological polar surface area (TPSA) is 49.9 Å². The fourth-order valence-electron chi connectivity index (χ4n) is 3.34. The molecule has 0 spiro atoms. The van der Waals surface area contributed by atoms with Crippen LogP contribution in [0.5, 0.6) is 5.75 Å². The van der Waals surface area contributed by atoms with Crippen LogP contribution in [0.3, 0.4) is 0 Å². The molecule has 2 aromatic carbocycles. The van der Waals surface area contributed by atoms with Crippen LogP contribution in [0, 0.1) is 26.6 Å². The Balaban J connectivity index is 1.54. The summed E-state index contributed by atoms with van der Waals surface area (Å²) in [6, 6.07) is 9.69. The van der Waals surface area contributed by atoms with E-state index in [2.05, 4.69) is 0 Å². The lowest BCUT2D eigenvalue weighted by atomic mass is 10.1. The second kappa shape index (κ2) is 8.42. The minimum absolute atomic E-state index is 0.0248. The second-order valence-corrected chi connectivity index (χ2v) is 7.13. The number of nitrogens with zero attached hydrogens (tertiary/aromatic N) is 2. The average Bonchev–Trinajstić information content (AvgIpc) is 2.70. The monoisotopic (exact) mass is 384 g/mol. The van der Waals surface area contributed by atoms with Gasteiger partial charge in [0.05, 0.1) is 0 Å². The smallest absolute Gasteiger partial charge is 0.260 e. The molecule has 1 fully saturated rings. The SMILES string of the molecule is Cc1ccc(C)c(OCC(=O)N2CCN(C(=O)c3cccc(F)c3)CC2)c1C. The van der Waals surface area contributed by atoms with Crippen molar-refractivity contribution in [2.45, 2.75) is 20.8 Å². The Hall–Kier alpha value is -2.89. The molecule has 0 atom stereocenters. The zero-order chi connectivity index (χ0) is 20.3. The molecule has 1 aliphatic heterocycles. The van der Waals surface area contributed by atoms with Gasteiger partial charge >= 0.3 is 0 Å². The summed E-state index contributed by atoms with van der Waals surface area (Å²) in [7, 11) is 0. The molecule has 2 aromatic rings. The van der Waals surface area contributed by atoms with E-state index >= 15 is 0 Å². The second-order valence-electron chi connectivity index (χ2n) is 7.13. The van der Waals surface area contributed by atoms with Crippen molar-refractivity contribution in [1.29, 1.82) is 0 Å². The molecule has 1 saturated heterocycles. The predicted molar refractivity (Wildman–Crippen MR) is 105 cm³/mol. The zero-order valence-electron chi connectivity index (χ0n) is 16.5. The first-order valence-corrected chi connectivity index (χ1v) is 9.39. The first-order chi connectivity index (χ1) is 13.4. The van der Waals surface area contributed by atoms with Crippen LogP contribution in [0.2, 0.25) is 0 Å². The number of hydrogen-bond acceptors (Lipinski definition) is 3. The van der Waals surface area contributed by atoms with Gasteiger partial charge in [0.1, 0.15) is 11.6 Å². The van der Waals surface area contributed by atoms with E-state index in [1.54, 1.807) is 15.9 Å². The number of halogens is 1. The lowest BCUT2D eigenvalue weighted by molar-refractivity contribution is -0.134. The molecule has 0 unspecified atom stereocenters. The van der Waals surface area contributed by atoms with Gasteiger partial charge < -0.3 is 14.5 Å². The van der Waals surface area contributed by atoms with Crippen molar-refractivity contribution in [2.24, 2.45) is 0 Å². The molecule has 0 aliphatic carbocycles. The van der Waals surface area contributed by atoms with Crippen LogP contribution in [0.1, 0.15) is 27.0 Å². The lowest BCUT2D eigenvalue weighted by Gasteiger charge is -2.34. The van der Waals surface area contributed by atoms with Crippen molar-refractivity contribution in [3.8, 4) is 5.75 Å². The van der Waals surface area contributed by atoms with Gasteiger partial charge in [-0.25, -0.2) is 4.39 Å². The Bertz CT molecular complexity index is 889. The first kappa shape index (κ1) is 19.9. The molecule has 0 aromatic heterocycles. The zero-order valence-corrected chi connectivity index (χ0v) is 16.5. The molecule has 6 heteroatoms. The van der Waals surface area contributed by atoms with Gasteiger partial charge in [0.15, 0.2) is 6.61 Å². The highest BCUT2D eigenvalue weighted by Crippen LogP contribution is 2.25. The van der Waals surface area contributed by atoms with Crippen LogP contribution >= 0.6 is 0 Å². The molecule has 5 nitrogen and oxygen atoms in total. The minimum atomic E-state index is -0.432.